The van der Waals surface area contributed by atoms with Crippen molar-refractivity contribution in [2.45, 2.75) is 25.7 Å². The number of aromatic nitrogens is 1. The Bertz CT molecular complexity index is 644. The Balaban J connectivity index is 2.12. The number of hydrogen-bond donors (Lipinski definition) is 3. The zero-order valence-corrected chi connectivity index (χ0v) is 13.6. The van der Waals surface area contributed by atoms with Crippen molar-refractivity contribution in [2.24, 2.45) is 5.73 Å². The minimum Gasteiger partial charge on any atom is -0.389 e. The standard InChI is InChI=1S/C13H20N4O2S2/c1-21(18,19)16-7-6-15-13-10(12(14)20)8-9-4-2-3-5-11(9)17-13/h8,16H,2-7H2,1H3,(H2,14,20)(H,15,17). The van der Waals surface area contributed by atoms with E-state index in [2.05, 4.69) is 15.0 Å². The van der Waals surface area contributed by atoms with E-state index in [4.69, 9.17) is 18.0 Å². The molecule has 0 unspecified atom stereocenters. The van der Waals surface area contributed by atoms with Gasteiger partial charge in [0, 0.05) is 18.8 Å². The molecular formula is C13H20N4O2S2. The number of nitrogens with two attached hydrogens (primary N) is 1. The lowest BCUT2D eigenvalue weighted by molar-refractivity contribution is 0.589. The highest BCUT2D eigenvalue weighted by Crippen LogP contribution is 2.24. The second-order valence-corrected chi connectivity index (χ2v) is 7.43. The van der Waals surface area contributed by atoms with Crippen molar-refractivity contribution in [1.29, 1.82) is 0 Å². The molecule has 1 aromatic heterocycles. The fraction of sp³-hybridized carbons (Fsp3) is 0.538. The van der Waals surface area contributed by atoms with Crippen LogP contribution in [0.4, 0.5) is 5.82 Å². The first kappa shape index (κ1) is 16.1. The summed E-state index contributed by atoms with van der Waals surface area (Å²) in [4.78, 5) is 4.91. The maximum Gasteiger partial charge on any atom is 0.208 e. The third kappa shape index (κ3) is 4.62. The average molecular weight is 328 g/mol. The van der Waals surface area contributed by atoms with E-state index >= 15 is 0 Å². The summed E-state index contributed by atoms with van der Waals surface area (Å²) in [5, 5.41) is 3.11. The van der Waals surface area contributed by atoms with Crippen molar-refractivity contribution < 1.29 is 8.42 Å². The number of sulfonamides is 1. The van der Waals surface area contributed by atoms with Crippen LogP contribution in [0.5, 0.6) is 0 Å². The van der Waals surface area contributed by atoms with E-state index in [1.54, 1.807) is 0 Å². The SMILES string of the molecule is CS(=O)(=O)NCCNc1nc2c(cc1C(N)=S)CCCC2. The molecule has 0 saturated carbocycles. The summed E-state index contributed by atoms with van der Waals surface area (Å²) in [6.45, 7) is 0.711. The highest BCUT2D eigenvalue weighted by atomic mass is 32.2. The van der Waals surface area contributed by atoms with Crippen molar-refractivity contribution in [3.8, 4) is 0 Å². The lowest BCUT2D eigenvalue weighted by Gasteiger charge is -2.19. The largest absolute Gasteiger partial charge is 0.389 e. The molecule has 0 aromatic carbocycles. The van der Waals surface area contributed by atoms with Crippen LogP contribution in [0.3, 0.4) is 0 Å². The third-order valence-electron chi connectivity index (χ3n) is 3.35. The van der Waals surface area contributed by atoms with Crippen LogP contribution in [0, 0.1) is 0 Å². The Morgan fingerprint density at radius 3 is 2.76 bits per heavy atom. The van der Waals surface area contributed by atoms with Gasteiger partial charge in [-0.2, -0.15) is 0 Å². The predicted molar refractivity (Wildman–Crippen MR) is 88.1 cm³/mol. The molecule has 0 fully saturated rings. The summed E-state index contributed by atoms with van der Waals surface area (Å²) in [6, 6.07) is 2.01. The van der Waals surface area contributed by atoms with Gasteiger partial charge in [-0.3, -0.25) is 0 Å². The van der Waals surface area contributed by atoms with Crippen LogP contribution in [0.15, 0.2) is 6.07 Å². The fourth-order valence-corrected chi connectivity index (χ4v) is 3.00. The minimum atomic E-state index is -3.18. The lowest BCUT2D eigenvalue weighted by Crippen LogP contribution is -2.28. The number of nitrogens with one attached hydrogen (secondary N) is 2. The first-order chi connectivity index (χ1) is 9.87. The van der Waals surface area contributed by atoms with Crippen LogP contribution in [0.2, 0.25) is 0 Å². The van der Waals surface area contributed by atoms with Gasteiger partial charge in [-0.05, 0) is 37.3 Å². The Morgan fingerprint density at radius 2 is 2.10 bits per heavy atom. The van der Waals surface area contributed by atoms with Crippen LogP contribution in [0.25, 0.3) is 0 Å². The molecule has 0 aliphatic heterocycles. The molecule has 0 saturated heterocycles. The van der Waals surface area contributed by atoms with Crippen molar-refractivity contribution in [3.63, 3.8) is 0 Å². The molecule has 116 valence electrons. The highest BCUT2D eigenvalue weighted by Gasteiger charge is 2.16. The van der Waals surface area contributed by atoms with Gasteiger partial charge in [-0.15, -0.1) is 0 Å². The van der Waals surface area contributed by atoms with Crippen molar-refractivity contribution >= 4 is 33.0 Å². The van der Waals surface area contributed by atoms with Crippen LogP contribution >= 0.6 is 12.2 Å². The van der Waals surface area contributed by atoms with E-state index < -0.39 is 10.0 Å². The molecule has 21 heavy (non-hydrogen) atoms. The molecule has 0 spiro atoms. The number of fused-ring (bicyclic) bond motifs is 1. The lowest BCUT2D eigenvalue weighted by atomic mass is 9.94. The molecule has 0 amide bonds. The number of hydrogen-bond acceptors (Lipinski definition) is 5. The number of anilines is 1. The second-order valence-electron chi connectivity index (χ2n) is 5.15. The molecular weight excluding hydrogens is 308 g/mol. The normalized spacial score (nSPS) is 14.5. The molecule has 1 aliphatic rings. The molecule has 0 radical (unpaired) electrons. The van der Waals surface area contributed by atoms with Gasteiger partial charge in [-0.25, -0.2) is 18.1 Å². The Labute approximate surface area is 130 Å². The van der Waals surface area contributed by atoms with Crippen LogP contribution in [-0.4, -0.2) is 37.7 Å². The summed E-state index contributed by atoms with van der Waals surface area (Å²) in [7, 11) is -3.18. The number of thiocarbonyl (C=S) groups is 1. The minimum absolute atomic E-state index is 0.286. The zero-order valence-electron chi connectivity index (χ0n) is 12.0. The smallest absolute Gasteiger partial charge is 0.208 e. The van der Waals surface area contributed by atoms with E-state index in [9.17, 15) is 8.42 Å². The summed E-state index contributed by atoms with van der Waals surface area (Å²) < 4.78 is 24.4. The van der Waals surface area contributed by atoms with Gasteiger partial charge in [0.05, 0.1) is 11.8 Å². The fourth-order valence-electron chi connectivity index (χ4n) is 2.37. The van der Waals surface area contributed by atoms with Gasteiger partial charge in [0.25, 0.3) is 0 Å². The summed E-state index contributed by atoms with van der Waals surface area (Å²) in [5.74, 6) is 0.637. The molecule has 6 nitrogen and oxygen atoms in total. The monoisotopic (exact) mass is 328 g/mol. The molecule has 8 heteroatoms. The van der Waals surface area contributed by atoms with Crippen LogP contribution < -0.4 is 15.8 Å². The van der Waals surface area contributed by atoms with Crippen LogP contribution in [0.1, 0.15) is 29.7 Å². The molecule has 4 N–H and O–H groups in total. The number of pyridine rings is 1. The topological polar surface area (TPSA) is 97.1 Å². The molecule has 1 heterocycles. The summed E-state index contributed by atoms with van der Waals surface area (Å²) in [5.41, 5.74) is 8.78. The van der Waals surface area contributed by atoms with Gasteiger partial charge >= 0.3 is 0 Å². The zero-order chi connectivity index (χ0) is 15.5. The first-order valence-corrected chi connectivity index (χ1v) is 9.18. The Morgan fingerprint density at radius 1 is 1.38 bits per heavy atom. The predicted octanol–water partition coefficient (Wildman–Crippen LogP) is 0.556. The molecule has 1 aromatic rings. The van der Waals surface area contributed by atoms with Crippen molar-refractivity contribution in [1.82, 2.24) is 9.71 Å². The molecule has 2 rings (SSSR count). The van der Waals surface area contributed by atoms with E-state index in [1.807, 2.05) is 6.07 Å². The molecule has 0 atom stereocenters. The van der Waals surface area contributed by atoms with Crippen molar-refractivity contribution in [3.05, 3.63) is 22.9 Å². The molecule has 0 bridgehead atoms. The van der Waals surface area contributed by atoms with E-state index in [1.165, 1.54) is 5.56 Å². The number of aryl methyl sites for hydroxylation is 2. The van der Waals surface area contributed by atoms with Gasteiger partial charge in [0.15, 0.2) is 0 Å². The van der Waals surface area contributed by atoms with E-state index in [0.29, 0.717) is 17.4 Å². The van der Waals surface area contributed by atoms with Crippen LogP contribution in [-0.2, 0) is 22.9 Å². The summed E-state index contributed by atoms with van der Waals surface area (Å²) in [6.07, 6.45) is 5.40. The van der Waals surface area contributed by atoms with E-state index in [-0.39, 0.29) is 6.54 Å². The molecule has 1 aliphatic carbocycles. The quantitative estimate of drug-likeness (QED) is 0.521. The highest BCUT2D eigenvalue weighted by molar-refractivity contribution is 7.88. The van der Waals surface area contributed by atoms with Gasteiger partial charge in [-0.1, -0.05) is 12.2 Å². The Kier molecular flexibility index (Phi) is 5.13. The summed E-state index contributed by atoms with van der Waals surface area (Å²) >= 11 is 5.08. The van der Waals surface area contributed by atoms with E-state index in [0.717, 1.165) is 43.2 Å². The van der Waals surface area contributed by atoms with Gasteiger partial charge in [0.1, 0.15) is 10.8 Å². The second kappa shape index (κ2) is 6.67. The number of rotatable bonds is 6. The average Bonchev–Trinajstić information content (AvgIpc) is 2.41. The van der Waals surface area contributed by atoms with Gasteiger partial charge < -0.3 is 11.1 Å². The maximum absolute atomic E-state index is 11.0. The Hall–Kier alpha value is -1.25. The first-order valence-electron chi connectivity index (χ1n) is 6.88. The number of nitrogens with zero attached hydrogens (tertiary/aromatic N) is 1. The maximum atomic E-state index is 11.0. The third-order valence-corrected chi connectivity index (χ3v) is 4.30. The van der Waals surface area contributed by atoms with Crippen molar-refractivity contribution in [2.75, 3.05) is 24.7 Å². The van der Waals surface area contributed by atoms with Gasteiger partial charge in [0.2, 0.25) is 10.0 Å².